The Labute approximate surface area is 139 Å². The zero-order chi connectivity index (χ0) is 10.9. The molecule has 0 heterocycles. The van der Waals surface area contributed by atoms with E-state index in [9.17, 15) is 4.79 Å². The molecule has 80 valence electrons. The van der Waals surface area contributed by atoms with E-state index in [1.165, 1.54) is 0 Å². The summed E-state index contributed by atoms with van der Waals surface area (Å²) in [5, 5.41) is 0.828. The van der Waals surface area contributed by atoms with Crippen LogP contribution in [0.1, 0.15) is 15.3 Å². The molecule has 8 heteroatoms. The zero-order valence-corrected chi connectivity index (χ0v) is 13.6. The maximum absolute atomic E-state index is 10.3. The first kappa shape index (κ1) is 20.6. The third-order valence-electron chi connectivity index (χ3n) is 1.02. The van der Waals surface area contributed by atoms with E-state index in [2.05, 4.69) is 36.4 Å². The molecule has 0 radical (unpaired) electrons. The van der Waals surface area contributed by atoms with E-state index >= 15 is 0 Å². The molecule has 0 bridgehead atoms. The SMILES string of the molecule is CCN(CC)NC(=O)S.NC(=O)S.[H-].[K+]. The van der Waals surface area contributed by atoms with Gasteiger partial charge < -0.3 is 7.16 Å². The molecule has 0 aliphatic rings. The van der Waals surface area contributed by atoms with Crippen molar-refractivity contribution in [3.05, 3.63) is 0 Å². The number of primary amides is 1. The van der Waals surface area contributed by atoms with E-state index in [0.29, 0.717) is 0 Å². The molecule has 0 saturated heterocycles. The van der Waals surface area contributed by atoms with Crippen LogP contribution in [0.15, 0.2) is 0 Å². The van der Waals surface area contributed by atoms with Crippen LogP contribution in [0.25, 0.3) is 0 Å². The molecule has 0 spiro atoms. The molecule has 0 atom stereocenters. The smallest absolute Gasteiger partial charge is 1.00 e. The van der Waals surface area contributed by atoms with Crippen molar-refractivity contribution in [2.75, 3.05) is 13.1 Å². The average molecular weight is 265 g/mol. The number of nitrogens with one attached hydrogen (secondary N) is 1. The summed E-state index contributed by atoms with van der Waals surface area (Å²) >= 11 is 6.66. The van der Waals surface area contributed by atoms with Crippen LogP contribution in [0.5, 0.6) is 0 Å². The largest absolute Gasteiger partial charge is 1.00 e. The first-order valence-electron chi connectivity index (χ1n) is 3.66. The molecule has 0 aliphatic heterocycles. The van der Waals surface area contributed by atoms with Gasteiger partial charge in [-0.05, 0) is 0 Å². The predicted octanol–water partition coefficient (Wildman–Crippen LogP) is -2.01. The Morgan fingerprint density at radius 2 is 1.64 bits per heavy atom. The van der Waals surface area contributed by atoms with Gasteiger partial charge in [-0.25, -0.2) is 5.01 Å². The van der Waals surface area contributed by atoms with Crippen LogP contribution in [0.2, 0.25) is 0 Å². The average Bonchev–Trinajstić information content (AvgIpc) is 1.98. The molecule has 0 saturated carbocycles. The quantitative estimate of drug-likeness (QED) is 0.271. The van der Waals surface area contributed by atoms with E-state index in [0.717, 1.165) is 13.1 Å². The number of hydrazine groups is 1. The standard InChI is InChI=1S/C5H12N2OS.CH3NOS.K.H/c1-3-7(4-2)6-5(8)9;2-1(3)4;;/h3-4H2,1-2H3,(H2,6,8,9);(H3,2,3,4);;/q;;+1;-1. The maximum Gasteiger partial charge on any atom is 1.00 e. The Bertz CT molecular complexity index is 168. The summed E-state index contributed by atoms with van der Waals surface area (Å²) in [6, 6.07) is 0. The topological polar surface area (TPSA) is 75.4 Å². The Morgan fingerprint density at radius 3 is 1.71 bits per heavy atom. The normalized spacial score (nSPS) is 8.07. The van der Waals surface area contributed by atoms with Gasteiger partial charge in [-0.2, -0.15) is 0 Å². The second kappa shape index (κ2) is 14.2. The molecule has 2 amide bonds. The van der Waals surface area contributed by atoms with Crippen molar-refractivity contribution in [3.63, 3.8) is 0 Å². The number of nitrogens with two attached hydrogens (primary N) is 1. The molecule has 0 aromatic carbocycles. The number of hydrogen-bond donors (Lipinski definition) is 4. The fourth-order valence-electron chi connectivity index (χ4n) is 0.517. The first-order chi connectivity index (χ1) is 5.93. The number of hydrogen-bond acceptors (Lipinski definition) is 3. The van der Waals surface area contributed by atoms with Gasteiger partial charge in [0.15, 0.2) is 0 Å². The molecule has 3 N–H and O–H groups in total. The molecule has 14 heavy (non-hydrogen) atoms. The summed E-state index contributed by atoms with van der Waals surface area (Å²) in [7, 11) is 0. The molecular weight excluding hydrogens is 249 g/mol. The van der Waals surface area contributed by atoms with Crippen molar-refractivity contribution >= 4 is 35.7 Å². The summed E-state index contributed by atoms with van der Waals surface area (Å²) in [6.45, 7) is 5.55. The van der Waals surface area contributed by atoms with E-state index in [4.69, 9.17) is 4.79 Å². The minimum absolute atomic E-state index is 0. The molecular formula is C6H16KN3O2S2. The van der Waals surface area contributed by atoms with Crippen molar-refractivity contribution in [2.45, 2.75) is 13.8 Å². The number of amides is 2. The van der Waals surface area contributed by atoms with Gasteiger partial charge in [0, 0.05) is 13.1 Å². The van der Waals surface area contributed by atoms with Crippen LogP contribution in [0.3, 0.4) is 0 Å². The second-order valence-electron chi connectivity index (χ2n) is 1.93. The predicted molar refractivity (Wildman–Crippen MR) is 60.1 cm³/mol. The van der Waals surface area contributed by atoms with Gasteiger partial charge >= 0.3 is 51.4 Å². The molecule has 5 nitrogen and oxygen atoms in total. The van der Waals surface area contributed by atoms with E-state index < -0.39 is 5.24 Å². The molecule has 0 unspecified atom stereocenters. The molecule has 0 aromatic rings. The van der Waals surface area contributed by atoms with E-state index in [-0.39, 0.29) is 58.1 Å². The van der Waals surface area contributed by atoms with Crippen LogP contribution in [0.4, 0.5) is 9.59 Å². The van der Waals surface area contributed by atoms with Crippen LogP contribution in [-0.4, -0.2) is 28.6 Å². The monoisotopic (exact) mass is 265 g/mol. The van der Waals surface area contributed by atoms with Gasteiger partial charge in [-0.1, -0.05) is 39.1 Å². The van der Waals surface area contributed by atoms with Crippen molar-refractivity contribution in [2.24, 2.45) is 5.73 Å². The van der Waals surface area contributed by atoms with Crippen molar-refractivity contribution in [3.8, 4) is 0 Å². The third kappa shape index (κ3) is 23.2. The van der Waals surface area contributed by atoms with Gasteiger partial charge in [0.1, 0.15) is 0 Å². The number of carbonyl (C=O) groups is 2. The summed E-state index contributed by atoms with van der Waals surface area (Å²) in [5.74, 6) is 0. The summed E-state index contributed by atoms with van der Waals surface area (Å²) < 4.78 is 0. The number of rotatable bonds is 3. The Hall–Kier alpha value is 1.24. The number of nitrogens with zero attached hydrogens (tertiary/aromatic N) is 1. The van der Waals surface area contributed by atoms with Gasteiger partial charge in [0.2, 0.25) is 0 Å². The molecule has 0 rings (SSSR count). The number of carbonyl (C=O) groups excluding carboxylic acids is 2. The third-order valence-corrected chi connectivity index (χ3v) is 1.12. The van der Waals surface area contributed by atoms with Gasteiger partial charge in [-0.15, -0.1) is 0 Å². The fraction of sp³-hybridized carbons (Fsp3) is 0.667. The first-order valence-corrected chi connectivity index (χ1v) is 4.56. The summed E-state index contributed by atoms with van der Waals surface area (Å²) in [4.78, 5) is 19.4. The maximum atomic E-state index is 10.3. The minimum Gasteiger partial charge on any atom is -1.00 e. The second-order valence-corrected chi connectivity index (χ2v) is 2.77. The van der Waals surface area contributed by atoms with Crippen molar-refractivity contribution in [1.29, 1.82) is 0 Å². The van der Waals surface area contributed by atoms with E-state index in [1.54, 1.807) is 5.01 Å². The summed E-state index contributed by atoms with van der Waals surface area (Å²) in [6.07, 6.45) is 0. The Morgan fingerprint density at radius 1 is 1.36 bits per heavy atom. The summed E-state index contributed by atoms with van der Waals surface area (Å²) in [5.41, 5.74) is 6.87. The molecule has 0 fully saturated rings. The fourth-order valence-corrected chi connectivity index (χ4v) is 0.658. The van der Waals surface area contributed by atoms with Crippen LogP contribution >= 0.6 is 25.3 Å². The van der Waals surface area contributed by atoms with Crippen LogP contribution in [0, 0.1) is 0 Å². The van der Waals surface area contributed by atoms with Crippen molar-refractivity contribution < 1.29 is 62.4 Å². The zero-order valence-electron chi connectivity index (χ0n) is 9.65. The number of thiol groups is 2. The van der Waals surface area contributed by atoms with Crippen LogP contribution in [-0.2, 0) is 0 Å². The minimum atomic E-state index is -0.639. The van der Waals surface area contributed by atoms with Gasteiger partial charge in [0.05, 0.1) is 0 Å². The molecule has 0 aromatic heterocycles. The Kier molecular flexibility index (Phi) is 21.0. The van der Waals surface area contributed by atoms with Gasteiger partial charge in [-0.3, -0.25) is 15.0 Å². The van der Waals surface area contributed by atoms with Crippen molar-refractivity contribution in [1.82, 2.24) is 10.4 Å². The molecule has 0 aliphatic carbocycles. The van der Waals surface area contributed by atoms with Crippen LogP contribution < -0.4 is 62.5 Å². The Balaban J connectivity index is -0.0000000883. The van der Waals surface area contributed by atoms with Gasteiger partial charge in [0.25, 0.3) is 10.5 Å². The van der Waals surface area contributed by atoms with E-state index in [1.807, 2.05) is 13.8 Å².